The lowest BCUT2D eigenvalue weighted by Crippen LogP contribution is -2.33. The number of nitrogens with one attached hydrogen (secondary N) is 1. The third-order valence-electron chi connectivity index (χ3n) is 4.81. The van der Waals surface area contributed by atoms with E-state index in [9.17, 15) is 8.42 Å². The molecule has 1 aliphatic heterocycles. The van der Waals surface area contributed by atoms with E-state index in [1.807, 2.05) is 0 Å². The summed E-state index contributed by atoms with van der Waals surface area (Å²) in [6.07, 6.45) is 1.79. The molecule has 2 aromatic carbocycles. The van der Waals surface area contributed by atoms with Gasteiger partial charge in [0.25, 0.3) is 0 Å². The number of methoxy groups -OCH3 is 2. The van der Waals surface area contributed by atoms with E-state index in [4.69, 9.17) is 9.47 Å². The van der Waals surface area contributed by atoms with Crippen molar-refractivity contribution >= 4 is 10.0 Å². The maximum atomic E-state index is 12.6. The number of ether oxygens (including phenoxy) is 2. The van der Waals surface area contributed by atoms with Gasteiger partial charge in [-0.25, -0.2) is 13.1 Å². The molecule has 0 fully saturated rings. The summed E-state index contributed by atoms with van der Waals surface area (Å²) >= 11 is 0. The fourth-order valence-electron chi connectivity index (χ4n) is 3.33. The predicted molar refractivity (Wildman–Crippen MR) is 105 cm³/mol. The molecular formula is C20H26N2O4S. The fraction of sp³-hybridized carbons (Fsp3) is 0.400. The zero-order valence-electron chi connectivity index (χ0n) is 15.8. The standard InChI is InChI=1S/C20H26N2O4S/c1-25-18-8-9-19(26-2)20(14-18)27(23,24)21-11-5-12-22-13-10-16-6-3-4-7-17(16)15-22/h3-4,6-9,14,21H,5,10-13,15H2,1-2H3. The van der Waals surface area contributed by atoms with E-state index >= 15 is 0 Å². The molecule has 6 nitrogen and oxygen atoms in total. The third kappa shape index (κ3) is 4.80. The van der Waals surface area contributed by atoms with Crippen molar-refractivity contribution in [2.75, 3.05) is 33.9 Å². The smallest absolute Gasteiger partial charge is 0.244 e. The van der Waals surface area contributed by atoms with Crippen LogP contribution < -0.4 is 14.2 Å². The van der Waals surface area contributed by atoms with Gasteiger partial charge in [0.15, 0.2) is 0 Å². The Bertz CT molecular complexity index is 883. The van der Waals surface area contributed by atoms with Crippen LogP contribution in [-0.2, 0) is 23.0 Å². The number of sulfonamides is 1. The second kappa shape index (κ2) is 8.73. The highest BCUT2D eigenvalue weighted by Crippen LogP contribution is 2.28. The molecule has 0 saturated heterocycles. The molecule has 0 saturated carbocycles. The number of benzene rings is 2. The second-order valence-electron chi connectivity index (χ2n) is 6.56. The van der Waals surface area contributed by atoms with Crippen molar-refractivity contribution < 1.29 is 17.9 Å². The highest BCUT2D eigenvalue weighted by Gasteiger charge is 2.20. The second-order valence-corrected chi connectivity index (χ2v) is 8.30. The van der Waals surface area contributed by atoms with Crippen LogP contribution in [0.3, 0.4) is 0 Å². The molecule has 0 bridgehead atoms. The minimum absolute atomic E-state index is 0.0937. The summed E-state index contributed by atoms with van der Waals surface area (Å²) in [5, 5.41) is 0. The zero-order valence-corrected chi connectivity index (χ0v) is 16.6. The summed E-state index contributed by atoms with van der Waals surface area (Å²) in [6.45, 7) is 3.16. The van der Waals surface area contributed by atoms with Gasteiger partial charge in [0.05, 0.1) is 14.2 Å². The van der Waals surface area contributed by atoms with E-state index in [0.717, 1.165) is 32.5 Å². The van der Waals surface area contributed by atoms with Gasteiger partial charge in [-0.1, -0.05) is 24.3 Å². The minimum atomic E-state index is -3.66. The average molecular weight is 391 g/mol. The summed E-state index contributed by atoms with van der Waals surface area (Å²) in [7, 11) is -0.705. The van der Waals surface area contributed by atoms with Gasteiger partial charge in [-0.15, -0.1) is 0 Å². The molecule has 0 amide bonds. The molecule has 0 aliphatic carbocycles. The third-order valence-corrected chi connectivity index (χ3v) is 6.30. The van der Waals surface area contributed by atoms with Crippen LogP contribution >= 0.6 is 0 Å². The van der Waals surface area contributed by atoms with E-state index in [-0.39, 0.29) is 4.90 Å². The molecule has 27 heavy (non-hydrogen) atoms. The van der Waals surface area contributed by atoms with Gasteiger partial charge in [-0.05, 0) is 42.6 Å². The van der Waals surface area contributed by atoms with Crippen LogP contribution in [0.5, 0.6) is 11.5 Å². The lowest BCUT2D eigenvalue weighted by molar-refractivity contribution is 0.251. The van der Waals surface area contributed by atoms with E-state index in [2.05, 4.69) is 33.9 Å². The largest absolute Gasteiger partial charge is 0.497 e. The molecule has 2 aromatic rings. The van der Waals surface area contributed by atoms with Crippen LogP contribution in [0.2, 0.25) is 0 Å². The van der Waals surface area contributed by atoms with Crippen LogP contribution in [0.1, 0.15) is 17.5 Å². The molecule has 0 atom stereocenters. The van der Waals surface area contributed by atoms with Crippen molar-refractivity contribution in [3.8, 4) is 11.5 Å². The molecule has 7 heteroatoms. The monoisotopic (exact) mass is 390 g/mol. The van der Waals surface area contributed by atoms with Crippen LogP contribution in [0.4, 0.5) is 0 Å². The number of hydrogen-bond donors (Lipinski definition) is 1. The van der Waals surface area contributed by atoms with E-state index < -0.39 is 10.0 Å². The van der Waals surface area contributed by atoms with Crippen LogP contribution in [-0.4, -0.2) is 47.2 Å². The highest BCUT2D eigenvalue weighted by molar-refractivity contribution is 7.89. The number of rotatable bonds is 8. The highest BCUT2D eigenvalue weighted by atomic mass is 32.2. The van der Waals surface area contributed by atoms with Gasteiger partial charge in [-0.3, -0.25) is 4.90 Å². The Labute approximate surface area is 161 Å². The van der Waals surface area contributed by atoms with E-state index in [0.29, 0.717) is 18.0 Å². The predicted octanol–water partition coefficient (Wildman–Crippen LogP) is 2.43. The summed E-state index contributed by atoms with van der Waals surface area (Å²) < 4.78 is 38.3. The van der Waals surface area contributed by atoms with Crippen molar-refractivity contribution in [2.24, 2.45) is 0 Å². The van der Waals surface area contributed by atoms with Gasteiger partial charge < -0.3 is 9.47 Å². The molecule has 0 unspecified atom stereocenters. The average Bonchev–Trinajstić information content (AvgIpc) is 2.70. The number of fused-ring (bicyclic) bond motifs is 1. The lowest BCUT2D eigenvalue weighted by Gasteiger charge is -2.28. The molecule has 1 heterocycles. The van der Waals surface area contributed by atoms with Crippen molar-refractivity contribution in [3.05, 3.63) is 53.6 Å². The van der Waals surface area contributed by atoms with Crippen molar-refractivity contribution in [2.45, 2.75) is 24.3 Å². The molecule has 0 spiro atoms. The van der Waals surface area contributed by atoms with Gasteiger partial charge in [0, 0.05) is 25.7 Å². The van der Waals surface area contributed by atoms with E-state index in [1.165, 1.54) is 31.4 Å². The normalized spacial score (nSPS) is 14.6. The molecular weight excluding hydrogens is 364 g/mol. The molecule has 146 valence electrons. The van der Waals surface area contributed by atoms with E-state index in [1.54, 1.807) is 12.1 Å². The van der Waals surface area contributed by atoms with Crippen molar-refractivity contribution in [1.82, 2.24) is 9.62 Å². The number of nitrogens with zero attached hydrogens (tertiary/aromatic N) is 1. The topological polar surface area (TPSA) is 67.9 Å². The molecule has 3 rings (SSSR count). The SMILES string of the molecule is COc1ccc(OC)c(S(=O)(=O)NCCCN2CCc3ccccc3C2)c1. The van der Waals surface area contributed by atoms with Gasteiger partial charge in [0.1, 0.15) is 16.4 Å². The van der Waals surface area contributed by atoms with Crippen LogP contribution in [0, 0.1) is 0 Å². The van der Waals surface area contributed by atoms with Crippen molar-refractivity contribution in [3.63, 3.8) is 0 Å². The molecule has 0 radical (unpaired) electrons. The maximum absolute atomic E-state index is 12.6. The number of hydrogen-bond acceptors (Lipinski definition) is 5. The Morgan fingerprint density at radius 2 is 1.85 bits per heavy atom. The van der Waals surface area contributed by atoms with Crippen molar-refractivity contribution in [1.29, 1.82) is 0 Å². The van der Waals surface area contributed by atoms with Crippen LogP contribution in [0.15, 0.2) is 47.4 Å². The van der Waals surface area contributed by atoms with Crippen LogP contribution in [0.25, 0.3) is 0 Å². The summed E-state index contributed by atoms with van der Waals surface area (Å²) in [5.41, 5.74) is 2.78. The Morgan fingerprint density at radius 1 is 1.07 bits per heavy atom. The minimum Gasteiger partial charge on any atom is -0.497 e. The summed E-state index contributed by atoms with van der Waals surface area (Å²) in [6, 6.07) is 13.2. The quantitative estimate of drug-likeness (QED) is 0.701. The first kappa shape index (κ1) is 19.7. The van der Waals surface area contributed by atoms with Gasteiger partial charge in [-0.2, -0.15) is 0 Å². The van der Waals surface area contributed by atoms with Gasteiger partial charge in [0.2, 0.25) is 10.0 Å². The molecule has 1 aliphatic rings. The first-order chi connectivity index (χ1) is 13.0. The molecule has 0 aromatic heterocycles. The Hall–Kier alpha value is -2.09. The summed E-state index contributed by atoms with van der Waals surface area (Å²) in [5.74, 6) is 0.777. The first-order valence-corrected chi connectivity index (χ1v) is 10.5. The first-order valence-electron chi connectivity index (χ1n) is 9.04. The maximum Gasteiger partial charge on any atom is 0.244 e. The van der Waals surface area contributed by atoms with Gasteiger partial charge >= 0.3 is 0 Å². The Morgan fingerprint density at radius 3 is 2.59 bits per heavy atom. The summed E-state index contributed by atoms with van der Waals surface area (Å²) in [4.78, 5) is 2.46. The fourth-order valence-corrected chi connectivity index (χ4v) is 4.58. The lowest BCUT2D eigenvalue weighted by atomic mass is 10.00. The Kier molecular flexibility index (Phi) is 6.36. The Balaban J connectivity index is 1.54. The molecule has 1 N–H and O–H groups in total. The zero-order chi connectivity index (χ0) is 19.3.